The van der Waals surface area contributed by atoms with Gasteiger partial charge in [-0.25, -0.2) is 4.39 Å². The lowest BCUT2D eigenvalue weighted by atomic mass is 9.73. The van der Waals surface area contributed by atoms with Gasteiger partial charge in [0.25, 0.3) is 0 Å². The molecule has 0 bridgehead atoms. The molecule has 0 atom stereocenters. The fourth-order valence-electron chi connectivity index (χ4n) is 3.59. The summed E-state index contributed by atoms with van der Waals surface area (Å²) in [7, 11) is 1.68. The third-order valence-corrected chi connectivity index (χ3v) is 5.12. The second kappa shape index (κ2) is 7.76. The molecule has 0 aliphatic carbocycles. The van der Waals surface area contributed by atoms with E-state index in [2.05, 4.69) is 18.3 Å². The van der Waals surface area contributed by atoms with Crippen LogP contribution in [0.4, 0.5) is 10.1 Å². The van der Waals surface area contributed by atoms with Gasteiger partial charge in [0.05, 0.1) is 12.8 Å². The smallest absolute Gasteiger partial charge is 0.143 e. The number of hydrogen-bond donors (Lipinski definition) is 1. The highest BCUT2D eigenvalue weighted by atomic mass is 19.1. The number of hydrogen-bond acceptors (Lipinski definition) is 4. The fraction of sp³-hybridized carbons (Fsp3) is 0.381. The molecule has 4 nitrogen and oxygen atoms in total. The van der Waals surface area contributed by atoms with E-state index in [9.17, 15) is 9.65 Å². The normalized spacial score (nSPS) is 15.9. The lowest BCUT2D eigenvalue weighted by Gasteiger charge is -2.39. The summed E-state index contributed by atoms with van der Waals surface area (Å²) in [4.78, 5) is 0. The van der Waals surface area contributed by atoms with Crippen molar-refractivity contribution < 1.29 is 13.9 Å². The van der Waals surface area contributed by atoms with Crippen LogP contribution in [0.25, 0.3) is 0 Å². The van der Waals surface area contributed by atoms with Gasteiger partial charge in [-0.3, -0.25) is 0 Å². The van der Waals surface area contributed by atoms with Gasteiger partial charge in [0.1, 0.15) is 23.2 Å². The van der Waals surface area contributed by atoms with Crippen molar-refractivity contribution in [1.29, 1.82) is 5.26 Å². The van der Waals surface area contributed by atoms with Crippen molar-refractivity contribution in [2.45, 2.75) is 25.2 Å². The van der Waals surface area contributed by atoms with Crippen LogP contribution in [0.1, 0.15) is 29.5 Å². The Morgan fingerprint density at radius 3 is 2.73 bits per heavy atom. The maximum absolute atomic E-state index is 13.9. The van der Waals surface area contributed by atoms with Crippen molar-refractivity contribution in [3.63, 3.8) is 0 Å². The van der Waals surface area contributed by atoms with E-state index in [0.717, 1.165) is 29.7 Å². The van der Waals surface area contributed by atoms with Gasteiger partial charge in [-0.1, -0.05) is 23.8 Å². The molecule has 1 fully saturated rings. The maximum atomic E-state index is 13.9. The number of methoxy groups -OCH3 is 1. The third kappa shape index (κ3) is 3.51. The standard InChI is InChI=1S/C21H23FN2O2/c1-15-6-7-20(25-2)17(12-15)21(8-10-26-11-9-21)14-24-19-5-3-4-18(22)16(19)13-23/h3-7,12,24H,8-11,14H2,1-2H3. The summed E-state index contributed by atoms with van der Waals surface area (Å²) < 4.78 is 25.1. The van der Waals surface area contributed by atoms with Gasteiger partial charge in [-0.05, 0) is 38.0 Å². The van der Waals surface area contributed by atoms with Crippen molar-refractivity contribution in [2.75, 3.05) is 32.2 Å². The Morgan fingerprint density at radius 2 is 2.04 bits per heavy atom. The van der Waals surface area contributed by atoms with Crippen LogP contribution in [0.2, 0.25) is 0 Å². The Bertz CT molecular complexity index is 823. The Hall–Kier alpha value is -2.58. The molecule has 0 amide bonds. The Morgan fingerprint density at radius 1 is 1.27 bits per heavy atom. The molecule has 0 spiro atoms. The van der Waals surface area contributed by atoms with Gasteiger partial charge < -0.3 is 14.8 Å². The predicted octanol–water partition coefficient (Wildman–Crippen LogP) is 4.17. The largest absolute Gasteiger partial charge is 0.496 e. The van der Waals surface area contributed by atoms with E-state index in [1.165, 1.54) is 6.07 Å². The quantitative estimate of drug-likeness (QED) is 0.875. The minimum absolute atomic E-state index is 0.0471. The van der Waals surface area contributed by atoms with Gasteiger partial charge >= 0.3 is 0 Å². The van der Waals surface area contributed by atoms with Crippen molar-refractivity contribution in [3.8, 4) is 11.8 Å². The number of halogens is 1. The minimum Gasteiger partial charge on any atom is -0.496 e. The molecule has 0 unspecified atom stereocenters. The van der Waals surface area contributed by atoms with Gasteiger partial charge in [0, 0.05) is 30.7 Å². The minimum atomic E-state index is -0.508. The lowest BCUT2D eigenvalue weighted by Crippen LogP contribution is -2.40. The van der Waals surface area contributed by atoms with E-state index in [0.29, 0.717) is 25.4 Å². The van der Waals surface area contributed by atoms with Crippen LogP contribution in [-0.4, -0.2) is 26.9 Å². The fourth-order valence-corrected chi connectivity index (χ4v) is 3.59. The van der Waals surface area contributed by atoms with Crippen LogP contribution in [0.15, 0.2) is 36.4 Å². The molecule has 2 aromatic rings. The molecule has 1 aliphatic heterocycles. The molecular weight excluding hydrogens is 331 g/mol. The number of anilines is 1. The molecule has 1 N–H and O–H groups in total. The van der Waals surface area contributed by atoms with Gasteiger partial charge in [0.15, 0.2) is 0 Å². The third-order valence-electron chi connectivity index (χ3n) is 5.12. The van der Waals surface area contributed by atoms with E-state index >= 15 is 0 Å². The number of rotatable bonds is 5. The van der Waals surface area contributed by atoms with Gasteiger partial charge in [-0.2, -0.15) is 5.26 Å². The van der Waals surface area contributed by atoms with E-state index in [-0.39, 0.29) is 11.0 Å². The number of benzene rings is 2. The van der Waals surface area contributed by atoms with Crippen molar-refractivity contribution >= 4 is 5.69 Å². The zero-order chi connectivity index (χ0) is 18.6. The summed E-state index contributed by atoms with van der Waals surface area (Å²) in [5.74, 6) is 0.339. The number of nitriles is 1. The second-order valence-electron chi connectivity index (χ2n) is 6.72. The topological polar surface area (TPSA) is 54.3 Å². The average molecular weight is 354 g/mol. The molecule has 0 radical (unpaired) electrons. The van der Waals surface area contributed by atoms with Crippen LogP contribution in [-0.2, 0) is 10.2 Å². The number of nitrogens with one attached hydrogen (secondary N) is 1. The molecule has 2 aromatic carbocycles. The Labute approximate surface area is 153 Å². The molecule has 3 rings (SSSR count). The zero-order valence-corrected chi connectivity index (χ0v) is 15.1. The van der Waals surface area contributed by atoms with Crippen LogP contribution >= 0.6 is 0 Å². The van der Waals surface area contributed by atoms with Gasteiger partial charge in [0.2, 0.25) is 0 Å². The van der Waals surface area contributed by atoms with E-state index in [1.54, 1.807) is 19.2 Å². The molecule has 1 aliphatic rings. The summed E-state index contributed by atoms with van der Waals surface area (Å²) in [6, 6.07) is 12.8. The van der Waals surface area contributed by atoms with Gasteiger partial charge in [-0.15, -0.1) is 0 Å². The first kappa shape index (κ1) is 18.2. The Balaban J connectivity index is 1.96. The van der Waals surface area contributed by atoms with E-state index in [4.69, 9.17) is 9.47 Å². The predicted molar refractivity (Wildman–Crippen MR) is 99.1 cm³/mol. The highest BCUT2D eigenvalue weighted by Gasteiger charge is 2.37. The summed E-state index contributed by atoms with van der Waals surface area (Å²) >= 11 is 0. The van der Waals surface area contributed by atoms with Crippen molar-refractivity contribution in [2.24, 2.45) is 0 Å². The van der Waals surface area contributed by atoms with Crippen LogP contribution < -0.4 is 10.1 Å². The second-order valence-corrected chi connectivity index (χ2v) is 6.72. The SMILES string of the molecule is COc1ccc(C)cc1C1(CNc2cccc(F)c2C#N)CCOCC1. The maximum Gasteiger partial charge on any atom is 0.143 e. The highest BCUT2D eigenvalue weighted by Crippen LogP contribution is 2.40. The first-order valence-electron chi connectivity index (χ1n) is 8.75. The number of nitrogens with zero attached hydrogens (tertiary/aromatic N) is 1. The summed E-state index contributed by atoms with van der Waals surface area (Å²) in [5.41, 5.74) is 2.66. The molecule has 0 saturated carbocycles. The zero-order valence-electron chi connectivity index (χ0n) is 15.1. The van der Waals surface area contributed by atoms with Crippen LogP contribution in [0.5, 0.6) is 5.75 Å². The molecule has 1 saturated heterocycles. The molecular formula is C21H23FN2O2. The summed E-state index contributed by atoms with van der Waals surface area (Å²) in [6.45, 7) is 3.96. The first-order chi connectivity index (χ1) is 12.6. The Kier molecular flexibility index (Phi) is 5.43. The van der Waals surface area contributed by atoms with E-state index < -0.39 is 5.82 Å². The molecule has 26 heavy (non-hydrogen) atoms. The molecule has 1 heterocycles. The number of aryl methyl sites for hydroxylation is 1. The van der Waals surface area contributed by atoms with Crippen LogP contribution in [0.3, 0.4) is 0 Å². The average Bonchev–Trinajstić information content (AvgIpc) is 2.67. The van der Waals surface area contributed by atoms with Crippen molar-refractivity contribution in [3.05, 3.63) is 58.9 Å². The monoisotopic (exact) mass is 354 g/mol. The summed E-state index contributed by atoms with van der Waals surface area (Å²) in [6.07, 6.45) is 1.66. The highest BCUT2D eigenvalue weighted by molar-refractivity contribution is 5.58. The van der Waals surface area contributed by atoms with Crippen LogP contribution in [0, 0.1) is 24.1 Å². The summed E-state index contributed by atoms with van der Waals surface area (Å²) in [5, 5.41) is 12.6. The lowest BCUT2D eigenvalue weighted by molar-refractivity contribution is 0.0535. The molecule has 0 aromatic heterocycles. The molecule has 136 valence electrons. The molecule has 5 heteroatoms. The van der Waals surface area contributed by atoms with Crippen molar-refractivity contribution in [1.82, 2.24) is 0 Å². The van der Waals surface area contributed by atoms with E-state index in [1.807, 2.05) is 18.2 Å². The first-order valence-corrected chi connectivity index (χ1v) is 8.75. The number of ether oxygens (including phenoxy) is 2.